The second-order valence-corrected chi connectivity index (χ2v) is 7.42. The van der Waals surface area contributed by atoms with E-state index in [-0.39, 0.29) is 11.2 Å². The number of aromatic hydroxyl groups is 1. The highest BCUT2D eigenvalue weighted by atomic mass is 35.5. The summed E-state index contributed by atoms with van der Waals surface area (Å²) in [6.45, 7) is 7.19. The van der Waals surface area contributed by atoms with E-state index in [0.717, 1.165) is 17.5 Å². The molecule has 1 aromatic heterocycles. The lowest BCUT2D eigenvalue weighted by Crippen LogP contribution is -2.20. The number of aromatic nitrogens is 2. The van der Waals surface area contributed by atoms with E-state index in [1.165, 1.54) is 0 Å². The van der Waals surface area contributed by atoms with Gasteiger partial charge in [0.1, 0.15) is 5.75 Å². The first kappa shape index (κ1) is 16.5. The minimum Gasteiger partial charge on any atom is -0.507 e. The number of rotatable bonds is 3. The molecule has 5 heteroatoms. The molecule has 24 heavy (non-hydrogen) atoms. The molecule has 3 aromatic rings. The highest BCUT2D eigenvalue weighted by molar-refractivity contribution is 6.33. The zero-order valence-electron chi connectivity index (χ0n) is 14.0. The molecule has 1 heterocycles. The third-order valence-electron chi connectivity index (χ3n) is 3.64. The van der Waals surface area contributed by atoms with E-state index in [4.69, 9.17) is 11.6 Å². The van der Waals surface area contributed by atoms with E-state index < -0.39 is 0 Å². The van der Waals surface area contributed by atoms with Gasteiger partial charge in [-0.25, -0.2) is 9.97 Å². The van der Waals surface area contributed by atoms with Crippen LogP contribution >= 0.6 is 11.6 Å². The molecule has 0 saturated carbocycles. The van der Waals surface area contributed by atoms with Crippen LogP contribution in [0.25, 0.3) is 22.0 Å². The Bertz CT molecular complexity index is 887. The Morgan fingerprint density at radius 1 is 1.12 bits per heavy atom. The second-order valence-electron chi connectivity index (χ2n) is 7.02. The highest BCUT2D eigenvalue weighted by Gasteiger charge is 2.13. The van der Waals surface area contributed by atoms with Gasteiger partial charge in [0.25, 0.3) is 0 Å². The van der Waals surface area contributed by atoms with Gasteiger partial charge in [0.15, 0.2) is 0 Å². The predicted octanol–water partition coefficient (Wildman–Crippen LogP) is 5.11. The monoisotopic (exact) mass is 341 g/mol. The van der Waals surface area contributed by atoms with Crippen LogP contribution in [0.3, 0.4) is 0 Å². The molecule has 0 fully saturated rings. The van der Waals surface area contributed by atoms with Gasteiger partial charge >= 0.3 is 0 Å². The van der Waals surface area contributed by atoms with Gasteiger partial charge in [0.05, 0.1) is 5.52 Å². The number of hydrogen-bond acceptors (Lipinski definition) is 4. The normalized spacial score (nSPS) is 11.7. The molecule has 0 aliphatic rings. The summed E-state index contributed by atoms with van der Waals surface area (Å²) in [6.07, 6.45) is 1.76. The van der Waals surface area contributed by atoms with Crippen molar-refractivity contribution < 1.29 is 5.11 Å². The van der Waals surface area contributed by atoms with Gasteiger partial charge in [-0.1, -0.05) is 50.6 Å². The molecule has 0 aliphatic heterocycles. The number of anilines is 1. The first-order valence-corrected chi connectivity index (χ1v) is 8.20. The molecule has 0 radical (unpaired) electrons. The van der Waals surface area contributed by atoms with Gasteiger partial charge in [-0.3, -0.25) is 0 Å². The molecule has 0 saturated heterocycles. The fourth-order valence-corrected chi connectivity index (χ4v) is 2.63. The Hall–Kier alpha value is -2.33. The third-order valence-corrected chi connectivity index (χ3v) is 3.97. The van der Waals surface area contributed by atoms with Crippen LogP contribution in [0, 0.1) is 5.41 Å². The molecule has 2 N–H and O–H groups in total. The fourth-order valence-electron chi connectivity index (χ4n) is 2.39. The van der Waals surface area contributed by atoms with Crippen molar-refractivity contribution in [1.82, 2.24) is 9.97 Å². The molecule has 4 nitrogen and oxygen atoms in total. The van der Waals surface area contributed by atoms with Crippen molar-refractivity contribution >= 4 is 28.5 Å². The average Bonchev–Trinajstić information content (AvgIpc) is 2.52. The fraction of sp³-hybridized carbons (Fsp3) is 0.263. The van der Waals surface area contributed by atoms with Crippen LogP contribution in [-0.2, 0) is 0 Å². The maximum Gasteiger partial charge on any atom is 0.223 e. The SMILES string of the molecule is CC(C)(C)CNc1ncc2cc(-c3ccccc3Cl)c(O)cc2n1. The van der Waals surface area contributed by atoms with Gasteiger partial charge in [-0.2, -0.15) is 0 Å². The maximum atomic E-state index is 10.4. The van der Waals surface area contributed by atoms with Crippen LogP contribution in [0.15, 0.2) is 42.6 Å². The number of phenolic OH excluding ortho intramolecular Hbond substituents is 1. The summed E-state index contributed by atoms with van der Waals surface area (Å²) in [5.74, 6) is 0.707. The van der Waals surface area contributed by atoms with Crippen molar-refractivity contribution in [2.45, 2.75) is 20.8 Å². The topological polar surface area (TPSA) is 58.0 Å². The summed E-state index contributed by atoms with van der Waals surface area (Å²) in [5.41, 5.74) is 2.28. The number of benzene rings is 2. The molecule has 0 aliphatic carbocycles. The standard InChI is InChI=1S/C19H20ClN3O/c1-19(2,3)11-22-18-21-10-12-8-14(17(24)9-16(12)23-18)13-6-4-5-7-15(13)20/h4-10,24H,11H2,1-3H3,(H,21,22,23). The maximum absolute atomic E-state index is 10.4. The van der Waals surface area contributed by atoms with Gasteiger partial charge < -0.3 is 10.4 Å². The number of nitrogens with zero attached hydrogens (tertiary/aromatic N) is 2. The minimum absolute atomic E-state index is 0.133. The third kappa shape index (κ3) is 3.60. The first-order chi connectivity index (χ1) is 11.3. The molecule has 0 spiro atoms. The summed E-state index contributed by atoms with van der Waals surface area (Å²) in [7, 11) is 0. The molecular formula is C19H20ClN3O. The molecule has 124 valence electrons. The van der Waals surface area contributed by atoms with Crippen LogP contribution in [-0.4, -0.2) is 21.6 Å². The Kier molecular flexibility index (Phi) is 4.33. The molecule has 2 aromatic carbocycles. The summed E-state index contributed by atoms with van der Waals surface area (Å²) in [5, 5.41) is 15.1. The number of phenols is 1. The van der Waals surface area contributed by atoms with E-state index in [2.05, 4.69) is 36.1 Å². The zero-order chi connectivity index (χ0) is 17.3. The largest absolute Gasteiger partial charge is 0.507 e. The lowest BCUT2D eigenvalue weighted by molar-refractivity contribution is 0.442. The Balaban J connectivity index is 1.99. The van der Waals surface area contributed by atoms with Crippen molar-refractivity contribution in [1.29, 1.82) is 0 Å². The van der Waals surface area contributed by atoms with Gasteiger partial charge in [0.2, 0.25) is 5.95 Å². The van der Waals surface area contributed by atoms with Crippen molar-refractivity contribution in [3.05, 3.63) is 47.6 Å². The zero-order valence-corrected chi connectivity index (χ0v) is 14.7. The number of hydrogen-bond donors (Lipinski definition) is 2. The predicted molar refractivity (Wildman–Crippen MR) is 99.6 cm³/mol. The quantitative estimate of drug-likeness (QED) is 0.694. The van der Waals surface area contributed by atoms with Crippen LogP contribution in [0.4, 0.5) is 5.95 Å². The van der Waals surface area contributed by atoms with Crippen molar-refractivity contribution in [3.63, 3.8) is 0 Å². The van der Waals surface area contributed by atoms with Crippen LogP contribution < -0.4 is 5.32 Å². The summed E-state index contributed by atoms with van der Waals surface area (Å²) >= 11 is 6.24. The lowest BCUT2D eigenvalue weighted by atomic mass is 9.97. The molecular weight excluding hydrogens is 322 g/mol. The molecule has 0 bridgehead atoms. The van der Waals surface area contributed by atoms with Gasteiger partial charge in [-0.15, -0.1) is 0 Å². The van der Waals surface area contributed by atoms with E-state index in [0.29, 0.717) is 22.1 Å². The lowest BCUT2D eigenvalue weighted by Gasteiger charge is -2.18. The van der Waals surface area contributed by atoms with Crippen LogP contribution in [0.5, 0.6) is 5.75 Å². The van der Waals surface area contributed by atoms with Crippen molar-refractivity contribution in [2.24, 2.45) is 5.41 Å². The molecule has 0 atom stereocenters. The van der Waals surface area contributed by atoms with Gasteiger partial charge in [0, 0.05) is 40.3 Å². The van der Waals surface area contributed by atoms with Gasteiger partial charge in [-0.05, 0) is 17.5 Å². The molecule has 0 unspecified atom stereocenters. The van der Waals surface area contributed by atoms with Crippen LogP contribution in [0.1, 0.15) is 20.8 Å². The number of halogens is 1. The van der Waals surface area contributed by atoms with Crippen molar-refractivity contribution in [3.8, 4) is 16.9 Å². The van der Waals surface area contributed by atoms with Crippen molar-refractivity contribution in [2.75, 3.05) is 11.9 Å². The smallest absolute Gasteiger partial charge is 0.223 e. The molecule has 3 rings (SSSR count). The first-order valence-electron chi connectivity index (χ1n) is 7.82. The summed E-state index contributed by atoms with van der Waals surface area (Å²) < 4.78 is 0. The van der Waals surface area contributed by atoms with E-state index >= 15 is 0 Å². The summed E-state index contributed by atoms with van der Waals surface area (Å²) in [4.78, 5) is 8.84. The molecule has 0 amide bonds. The summed E-state index contributed by atoms with van der Waals surface area (Å²) in [6, 6.07) is 10.9. The number of nitrogens with one attached hydrogen (secondary N) is 1. The number of fused-ring (bicyclic) bond motifs is 1. The van der Waals surface area contributed by atoms with E-state index in [1.807, 2.05) is 24.3 Å². The Morgan fingerprint density at radius 2 is 1.88 bits per heavy atom. The van der Waals surface area contributed by atoms with E-state index in [1.54, 1.807) is 18.3 Å². The average molecular weight is 342 g/mol. The van der Waals surface area contributed by atoms with E-state index in [9.17, 15) is 5.11 Å². The minimum atomic E-state index is 0.133. The second kappa shape index (κ2) is 6.29. The Labute approximate surface area is 146 Å². The van der Waals surface area contributed by atoms with Crippen LogP contribution in [0.2, 0.25) is 5.02 Å². The Morgan fingerprint density at radius 3 is 2.58 bits per heavy atom. The highest BCUT2D eigenvalue weighted by Crippen LogP contribution is 2.36.